The molecule has 6 heteroatoms. The molecule has 0 radical (unpaired) electrons. The van der Waals surface area contributed by atoms with Crippen molar-refractivity contribution in [2.24, 2.45) is 5.92 Å². The number of likely N-dealkylation sites (tertiary alicyclic amines) is 1. The number of carbonyl (C=O) groups excluding carboxylic acids is 2. The van der Waals surface area contributed by atoms with Crippen LogP contribution in [0.5, 0.6) is 0 Å². The third kappa shape index (κ3) is 3.06. The van der Waals surface area contributed by atoms with Gasteiger partial charge >= 0.3 is 0 Å². The van der Waals surface area contributed by atoms with E-state index in [0.29, 0.717) is 11.4 Å². The van der Waals surface area contributed by atoms with Crippen LogP contribution < -0.4 is 5.32 Å². The van der Waals surface area contributed by atoms with Crippen LogP contribution in [0.25, 0.3) is 0 Å². The summed E-state index contributed by atoms with van der Waals surface area (Å²) in [5, 5.41) is 2.72. The summed E-state index contributed by atoms with van der Waals surface area (Å²) in [6.45, 7) is 0. The van der Waals surface area contributed by atoms with Crippen LogP contribution in [0.4, 0.5) is 10.2 Å². The zero-order chi connectivity index (χ0) is 16.4. The highest BCUT2D eigenvalue weighted by Crippen LogP contribution is 2.37. The van der Waals surface area contributed by atoms with Gasteiger partial charge in [0.2, 0.25) is 11.8 Å². The van der Waals surface area contributed by atoms with Gasteiger partial charge in [-0.25, -0.2) is 9.37 Å². The molecule has 0 aliphatic carbocycles. The SMILES string of the molecule is CN1C(=O)C[C@@H](C(=O)Nc2ccccn2)[C@H]1c1cccc(F)c1. The van der Waals surface area contributed by atoms with Crippen LogP contribution in [0.15, 0.2) is 48.7 Å². The Morgan fingerprint density at radius 1 is 1.30 bits per heavy atom. The zero-order valence-electron chi connectivity index (χ0n) is 12.6. The minimum Gasteiger partial charge on any atom is -0.338 e. The minimum absolute atomic E-state index is 0.0936. The van der Waals surface area contributed by atoms with Crippen LogP contribution in [-0.2, 0) is 9.59 Å². The number of carbonyl (C=O) groups is 2. The van der Waals surface area contributed by atoms with Gasteiger partial charge in [-0.2, -0.15) is 0 Å². The van der Waals surface area contributed by atoms with E-state index in [0.717, 1.165) is 0 Å². The molecule has 1 saturated heterocycles. The lowest BCUT2D eigenvalue weighted by Gasteiger charge is -2.24. The Bertz CT molecular complexity index is 736. The molecule has 0 saturated carbocycles. The first kappa shape index (κ1) is 15.1. The summed E-state index contributed by atoms with van der Waals surface area (Å²) in [5.41, 5.74) is 0.611. The fourth-order valence-corrected chi connectivity index (χ4v) is 2.91. The lowest BCUT2D eigenvalue weighted by molar-refractivity contribution is -0.128. The van der Waals surface area contributed by atoms with Crippen molar-refractivity contribution < 1.29 is 14.0 Å². The van der Waals surface area contributed by atoms with Crippen LogP contribution in [0.3, 0.4) is 0 Å². The number of rotatable bonds is 3. The molecule has 2 amide bonds. The predicted octanol–water partition coefficient (Wildman–Crippen LogP) is 2.38. The van der Waals surface area contributed by atoms with Gasteiger partial charge in [-0.1, -0.05) is 18.2 Å². The van der Waals surface area contributed by atoms with Crippen molar-refractivity contribution in [2.45, 2.75) is 12.5 Å². The average molecular weight is 313 g/mol. The van der Waals surface area contributed by atoms with Crippen LogP contribution in [-0.4, -0.2) is 28.7 Å². The van der Waals surface area contributed by atoms with Crippen LogP contribution in [0.2, 0.25) is 0 Å². The number of halogens is 1. The molecule has 1 aromatic heterocycles. The van der Waals surface area contributed by atoms with Crippen LogP contribution in [0.1, 0.15) is 18.0 Å². The second-order valence-electron chi connectivity index (χ2n) is 5.52. The summed E-state index contributed by atoms with van der Waals surface area (Å²) in [4.78, 5) is 30.1. The molecule has 1 aromatic carbocycles. The normalized spacial score (nSPS) is 20.6. The number of amides is 2. The van der Waals surface area contributed by atoms with Gasteiger partial charge in [0.25, 0.3) is 0 Å². The maximum Gasteiger partial charge on any atom is 0.231 e. The predicted molar refractivity (Wildman–Crippen MR) is 82.9 cm³/mol. The average Bonchev–Trinajstić information content (AvgIpc) is 2.84. The van der Waals surface area contributed by atoms with Crippen molar-refractivity contribution >= 4 is 17.6 Å². The minimum atomic E-state index is -0.587. The number of nitrogens with zero attached hydrogens (tertiary/aromatic N) is 2. The molecule has 118 valence electrons. The van der Waals surface area contributed by atoms with Gasteiger partial charge in [0.15, 0.2) is 0 Å². The van der Waals surface area contributed by atoms with Crippen molar-refractivity contribution in [3.05, 3.63) is 60.0 Å². The molecular weight excluding hydrogens is 297 g/mol. The number of pyridine rings is 1. The second kappa shape index (κ2) is 6.16. The van der Waals surface area contributed by atoms with Gasteiger partial charge in [-0.15, -0.1) is 0 Å². The molecule has 1 fully saturated rings. The fraction of sp³-hybridized carbons (Fsp3) is 0.235. The number of aromatic nitrogens is 1. The molecule has 5 nitrogen and oxygen atoms in total. The van der Waals surface area contributed by atoms with Crippen molar-refractivity contribution in [1.82, 2.24) is 9.88 Å². The maximum absolute atomic E-state index is 13.5. The lowest BCUT2D eigenvalue weighted by Crippen LogP contribution is -2.30. The number of nitrogens with one attached hydrogen (secondary N) is 1. The van der Waals surface area contributed by atoms with Gasteiger partial charge in [-0.05, 0) is 29.8 Å². The highest BCUT2D eigenvalue weighted by Gasteiger charge is 2.42. The topological polar surface area (TPSA) is 62.3 Å². The van der Waals surface area contributed by atoms with E-state index in [9.17, 15) is 14.0 Å². The molecule has 1 aliphatic heterocycles. The monoisotopic (exact) mass is 313 g/mol. The highest BCUT2D eigenvalue weighted by molar-refractivity contribution is 5.97. The smallest absolute Gasteiger partial charge is 0.231 e. The number of anilines is 1. The van der Waals surface area contributed by atoms with E-state index in [1.807, 2.05) is 0 Å². The van der Waals surface area contributed by atoms with Gasteiger partial charge in [0.1, 0.15) is 11.6 Å². The van der Waals surface area contributed by atoms with E-state index < -0.39 is 12.0 Å². The quantitative estimate of drug-likeness (QED) is 0.946. The molecule has 1 N–H and O–H groups in total. The highest BCUT2D eigenvalue weighted by atomic mass is 19.1. The van der Waals surface area contributed by atoms with E-state index in [-0.39, 0.29) is 24.1 Å². The molecule has 23 heavy (non-hydrogen) atoms. The van der Waals surface area contributed by atoms with Crippen molar-refractivity contribution in [1.29, 1.82) is 0 Å². The first-order chi connectivity index (χ1) is 11.1. The third-order valence-electron chi connectivity index (χ3n) is 4.03. The Morgan fingerprint density at radius 3 is 2.83 bits per heavy atom. The molecule has 1 aliphatic rings. The summed E-state index contributed by atoms with van der Waals surface area (Å²) >= 11 is 0. The van der Waals surface area contributed by atoms with Crippen molar-refractivity contribution in [3.8, 4) is 0 Å². The van der Waals surface area contributed by atoms with Crippen molar-refractivity contribution in [2.75, 3.05) is 12.4 Å². The van der Waals surface area contributed by atoms with E-state index in [1.165, 1.54) is 17.0 Å². The Balaban J connectivity index is 1.87. The largest absolute Gasteiger partial charge is 0.338 e. The standard InChI is InChI=1S/C17H16FN3O2/c1-21-15(22)10-13(16(21)11-5-4-6-12(18)9-11)17(23)20-14-7-2-3-8-19-14/h2-9,13,16H,10H2,1H3,(H,19,20,23)/t13-,16-/m1/s1. The van der Waals surface area contributed by atoms with E-state index in [2.05, 4.69) is 10.3 Å². The molecule has 0 bridgehead atoms. The number of hydrogen-bond donors (Lipinski definition) is 1. The Hall–Kier alpha value is -2.76. The zero-order valence-corrected chi connectivity index (χ0v) is 12.6. The van der Waals surface area contributed by atoms with E-state index in [4.69, 9.17) is 0 Å². The maximum atomic E-state index is 13.5. The lowest BCUT2D eigenvalue weighted by atomic mass is 9.93. The summed E-state index contributed by atoms with van der Waals surface area (Å²) in [5.74, 6) is -0.982. The fourth-order valence-electron chi connectivity index (χ4n) is 2.91. The van der Waals surface area contributed by atoms with E-state index >= 15 is 0 Å². The summed E-state index contributed by atoms with van der Waals surface area (Å²) < 4.78 is 13.5. The molecular formula is C17H16FN3O2. The second-order valence-corrected chi connectivity index (χ2v) is 5.52. The summed E-state index contributed by atoms with van der Waals surface area (Å²) in [7, 11) is 1.63. The first-order valence-corrected chi connectivity index (χ1v) is 7.29. The Morgan fingerprint density at radius 2 is 2.13 bits per heavy atom. The van der Waals surface area contributed by atoms with Crippen LogP contribution in [0, 0.1) is 11.7 Å². The van der Waals surface area contributed by atoms with Gasteiger partial charge in [0, 0.05) is 19.7 Å². The molecule has 2 atom stereocenters. The van der Waals surface area contributed by atoms with Gasteiger partial charge in [-0.3, -0.25) is 9.59 Å². The third-order valence-corrected chi connectivity index (χ3v) is 4.03. The number of hydrogen-bond acceptors (Lipinski definition) is 3. The summed E-state index contributed by atoms with van der Waals surface area (Å²) in [6, 6.07) is 10.7. The first-order valence-electron chi connectivity index (χ1n) is 7.29. The molecule has 2 aromatic rings. The number of benzene rings is 1. The molecule has 0 unspecified atom stereocenters. The van der Waals surface area contributed by atoms with Gasteiger partial charge < -0.3 is 10.2 Å². The Kier molecular flexibility index (Phi) is 4.06. The van der Waals surface area contributed by atoms with E-state index in [1.54, 1.807) is 43.6 Å². The molecule has 0 spiro atoms. The van der Waals surface area contributed by atoms with Gasteiger partial charge in [0.05, 0.1) is 12.0 Å². The van der Waals surface area contributed by atoms with Crippen molar-refractivity contribution in [3.63, 3.8) is 0 Å². The summed E-state index contributed by atoms with van der Waals surface area (Å²) in [6.07, 6.45) is 1.67. The molecule has 2 heterocycles. The molecule has 3 rings (SSSR count). The van der Waals surface area contributed by atoms with Crippen LogP contribution >= 0.6 is 0 Å². The Labute approximate surface area is 133 Å².